The molecule has 0 bridgehead atoms. The van der Waals surface area contributed by atoms with Crippen molar-refractivity contribution in [3.63, 3.8) is 0 Å². The molecule has 0 aliphatic carbocycles. The van der Waals surface area contributed by atoms with Gasteiger partial charge in [-0.1, -0.05) is 13.8 Å². The second-order valence-corrected chi connectivity index (χ2v) is 5.93. The molecule has 0 saturated carbocycles. The van der Waals surface area contributed by atoms with E-state index in [4.69, 9.17) is 0 Å². The van der Waals surface area contributed by atoms with Crippen molar-refractivity contribution in [2.24, 2.45) is 0 Å². The van der Waals surface area contributed by atoms with Crippen molar-refractivity contribution in [3.8, 4) is 0 Å². The first kappa shape index (κ1) is 13.0. The molecule has 2 heterocycles. The summed E-state index contributed by atoms with van der Waals surface area (Å²) < 4.78 is 2.29. The number of nitrogens with one attached hydrogen (secondary N) is 1. The zero-order valence-electron chi connectivity index (χ0n) is 11.9. The standard InChI is InChI=1S/C14H22N4/c1-10(2)16-9-13-17-11-8-15-7-6-12(11)18(13)14(3,4)5/h6-8,10,16H,9H2,1-5H3. The van der Waals surface area contributed by atoms with E-state index >= 15 is 0 Å². The van der Waals surface area contributed by atoms with Gasteiger partial charge in [-0.15, -0.1) is 0 Å². The number of hydrogen-bond acceptors (Lipinski definition) is 3. The van der Waals surface area contributed by atoms with Crippen molar-refractivity contribution in [1.29, 1.82) is 0 Å². The van der Waals surface area contributed by atoms with E-state index in [1.807, 2.05) is 18.5 Å². The zero-order chi connectivity index (χ0) is 13.3. The Labute approximate surface area is 108 Å². The monoisotopic (exact) mass is 246 g/mol. The molecule has 0 aliphatic rings. The average Bonchev–Trinajstić information content (AvgIpc) is 2.63. The highest BCUT2D eigenvalue weighted by Gasteiger charge is 2.21. The van der Waals surface area contributed by atoms with Crippen LogP contribution in [0.2, 0.25) is 0 Å². The summed E-state index contributed by atoms with van der Waals surface area (Å²) >= 11 is 0. The van der Waals surface area contributed by atoms with Crippen molar-refractivity contribution in [2.45, 2.75) is 52.7 Å². The number of hydrogen-bond donors (Lipinski definition) is 1. The maximum Gasteiger partial charge on any atom is 0.124 e. The summed E-state index contributed by atoms with van der Waals surface area (Å²) in [7, 11) is 0. The molecule has 98 valence electrons. The summed E-state index contributed by atoms with van der Waals surface area (Å²) in [5.41, 5.74) is 2.13. The van der Waals surface area contributed by atoms with E-state index in [0.29, 0.717) is 6.04 Å². The van der Waals surface area contributed by atoms with Gasteiger partial charge in [0.2, 0.25) is 0 Å². The molecule has 0 saturated heterocycles. The molecular formula is C14H22N4. The molecule has 0 spiro atoms. The molecule has 2 aromatic heterocycles. The highest BCUT2D eigenvalue weighted by atomic mass is 15.2. The fraction of sp³-hybridized carbons (Fsp3) is 0.571. The minimum Gasteiger partial charge on any atom is -0.321 e. The Kier molecular flexibility index (Phi) is 3.39. The van der Waals surface area contributed by atoms with Crippen LogP contribution in [0.4, 0.5) is 0 Å². The van der Waals surface area contributed by atoms with Gasteiger partial charge in [-0.3, -0.25) is 4.98 Å². The third-order valence-corrected chi connectivity index (χ3v) is 2.87. The van der Waals surface area contributed by atoms with Gasteiger partial charge in [0.15, 0.2) is 0 Å². The molecule has 1 N–H and O–H groups in total. The number of nitrogens with zero attached hydrogens (tertiary/aromatic N) is 3. The second-order valence-electron chi connectivity index (χ2n) is 5.93. The molecule has 4 nitrogen and oxygen atoms in total. The molecule has 0 aliphatic heterocycles. The van der Waals surface area contributed by atoms with Crippen LogP contribution in [0.3, 0.4) is 0 Å². The smallest absolute Gasteiger partial charge is 0.124 e. The lowest BCUT2D eigenvalue weighted by Gasteiger charge is -2.25. The van der Waals surface area contributed by atoms with Crippen LogP contribution in [0, 0.1) is 0 Å². The molecule has 0 amide bonds. The van der Waals surface area contributed by atoms with E-state index in [1.165, 1.54) is 0 Å². The highest BCUT2D eigenvalue weighted by Crippen LogP contribution is 2.24. The largest absolute Gasteiger partial charge is 0.321 e. The molecule has 2 aromatic rings. The Morgan fingerprint density at radius 1 is 1.33 bits per heavy atom. The van der Waals surface area contributed by atoms with Gasteiger partial charge in [0.25, 0.3) is 0 Å². The second kappa shape index (κ2) is 4.69. The molecule has 18 heavy (non-hydrogen) atoms. The Bertz CT molecular complexity index is 534. The lowest BCUT2D eigenvalue weighted by atomic mass is 10.1. The fourth-order valence-electron chi connectivity index (χ4n) is 2.14. The maximum atomic E-state index is 4.69. The van der Waals surface area contributed by atoms with Crippen molar-refractivity contribution in [2.75, 3.05) is 0 Å². The molecular weight excluding hydrogens is 224 g/mol. The van der Waals surface area contributed by atoms with E-state index in [2.05, 4.69) is 54.5 Å². The number of aromatic nitrogens is 3. The van der Waals surface area contributed by atoms with Crippen LogP contribution in [-0.4, -0.2) is 20.6 Å². The topological polar surface area (TPSA) is 42.7 Å². The Balaban J connectivity index is 2.50. The molecule has 0 radical (unpaired) electrons. The summed E-state index contributed by atoms with van der Waals surface area (Å²) in [6, 6.07) is 2.49. The summed E-state index contributed by atoms with van der Waals surface area (Å²) in [6.07, 6.45) is 3.66. The Morgan fingerprint density at radius 2 is 2.06 bits per heavy atom. The van der Waals surface area contributed by atoms with E-state index in [1.54, 1.807) is 0 Å². The zero-order valence-corrected chi connectivity index (χ0v) is 11.9. The molecule has 0 unspecified atom stereocenters. The van der Waals surface area contributed by atoms with Gasteiger partial charge in [0.05, 0.1) is 18.3 Å². The predicted octanol–water partition coefficient (Wildman–Crippen LogP) is 2.68. The van der Waals surface area contributed by atoms with Gasteiger partial charge >= 0.3 is 0 Å². The third kappa shape index (κ3) is 2.53. The van der Waals surface area contributed by atoms with E-state index < -0.39 is 0 Å². The normalized spacial score (nSPS) is 12.6. The maximum absolute atomic E-state index is 4.69. The van der Waals surface area contributed by atoms with Crippen LogP contribution >= 0.6 is 0 Å². The minimum atomic E-state index is 0.0180. The van der Waals surface area contributed by atoms with Crippen LogP contribution in [0.5, 0.6) is 0 Å². The number of fused-ring (bicyclic) bond motifs is 1. The molecule has 0 aromatic carbocycles. The lowest BCUT2D eigenvalue weighted by molar-refractivity contribution is 0.386. The fourth-order valence-corrected chi connectivity index (χ4v) is 2.14. The third-order valence-electron chi connectivity index (χ3n) is 2.87. The molecule has 4 heteroatoms. The Hall–Kier alpha value is -1.42. The van der Waals surface area contributed by atoms with Crippen molar-refractivity contribution in [3.05, 3.63) is 24.3 Å². The van der Waals surface area contributed by atoms with Crippen LogP contribution in [-0.2, 0) is 12.1 Å². The summed E-state index contributed by atoms with van der Waals surface area (Å²) in [5.74, 6) is 1.07. The van der Waals surface area contributed by atoms with Crippen LogP contribution < -0.4 is 5.32 Å². The quantitative estimate of drug-likeness (QED) is 0.905. The molecule has 0 atom stereocenters. The van der Waals surface area contributed by atoms with Crippen LogP contribution in [0.25, 0.3) is 11.0 Å². The summed E-state index contributed by atoms with van der Waals surface area (Å²) in [4.78, 5) is 8.84. The summed E-state index contributed by atoms with van der Waals surface area (Å²) in [5, 5.41) is 3.43. The lowest BCUT2D eigenvalue weighted by Crippen LogP contribution is -2.29. The average molecular weight is 246 g/mol. The Morgan fingerprint density at radius 3 is 2.67 bits per heavy atom. The first-order valence-corrected chi connectivity index (χ1v) is 6.45. The van der Waals surface area contributed by atoms with Crippen molar-refractivity contribution < 1.29 is 0 Å². The SMILES string of the molecule is CC(C)NCc1nc2cnccc2n1C(C)(C)C. The first-order valence-electron chi connectivity index (χ1n) is 6.45. The number of rotatable bonds is 3. The van der Waals surface area contributed by atoms with Crippen molar-refractivity contribution in [1.82, 2.24) is 19.9 Å². The number of imidazole rings is 1. The predicted molar refractivity (Wildman–Crippen MR) is 74.5 cm³/mol. The first-order chi connectivity index (χ1) is 8.39. The van der Waals surface area contributed by atoms with Gasteiger partial charge in [0, 0.05) is 17.8 Å². The van der Waals surface area contributed by atoms with Crippen LogP contribution in [0.15, 0.2) is 18.5 Å². The summed E-state index contributed by atoms with van der Waals surface area (Å²) in [6.45, 7) is 11.7. The molecule has 0 fully saturated rings. The van der Waals surface area contributed by atoms with Gasteiger partial charge in [-0.25, -0.2) is 4.98 Å². The minimum absolute atomic E-state index is 0.0180. The van der Waals surface area contributed by atoms with Crippen LogP contribution in [0.1, 0.15) is 40.4 Å². The van der Waals surface area contributed by atoms with E-state index in [-0.39, 0.29) is 5.54 Å². The van der Waals surface area contributed by atoms with Gasteiger partial charge in [-0.05, 0) is 26.8 Å². The van der Waals surface area contributed by atoms with Gasteiger partial charge < -0.3 is 9.88 Å². The van der Waals surface area contributed by atoms with Gasteiger partial charge in [0.1, 0.15) is 11.3 Å². The number of pyridine rings is 1. The van der Waals surface area contributed by atoms with Crippen molar-refractivity contribution >= 4 is 11.0 Å². The highest BCUT2D eigenvalue weighted by molar-refractivity contribution is 5.75. The molecule has 2 rings (SSSR count). The van der Waals surface area contributed by atoms with Gasteiger partial charge in [-0.2, -0.15) is 0 Å². The van der Waals surface area contributed by atoms with E-state index in [9.17, 15) is 0 Å². The van der Waals surface area contributed by atoms with E-state index in [0.717, 1.165) is 23.4 Å².